The van der Waals surface area contributed by atoms with Gasteiger partial charge in [0.05, 0.1) is 5.69 Å². The van der Waals surface area contributed by atoms with E-state index in [2.05, 4.69) is 18.8 Å². The van der Waals surface area contributed by atoms with Crippen LogP contribution in [0.5, 0.6) is 0 Å². The molecular formula is C18H25N3OS. The number of thiophene rings is 1. The number of hydrogen-bond acceptors (Lipinski definition) is 4. The fourth-order valence-corrected chi connectivity index (χ4v) is 4.71. The van der Waals surface area contributed by atoms with Crippen molar-refractivity contribution >= 4 is 33.1 Å². The minimum Gasteiger partial charge on any atom is -0.397 e. The van der Waals surface area contributed by atoms with Gasteiger partial charge in [-0.1, -0.05) is 19.3 Å². The number of nitrogens with zero attached hydrogens (tertiary/aromatic N) is 2. The number of fused-ring (bicyclic) bond motifs is 1. The summed E-state index contributed by atoms with van der Waals surface area (Å²) >= 11 is 1.43. The Labute approximate surface area is 141 Å². The highest BCUT2D eigenvalue weighted by atomic mass is 32.1. The number of carbonyl (C=O) groups excluding carboxylic acids is 1. The average Bonchev–Trinajstić information content (AvgIpc) is 2.88. The molecule has 1 fully saturated rings. The lowest BCUT2D eigenvalue weighted by Gasteiger charge is -2.31. The third-order valence-electron chi connectivity index (χ3n) is 5.31. The number of amides is 1. The van der Waals surface area contributed by atoms with Crippen LogP contribution in [0.2, 0.25) is 0 Å². The van der Waals surface area contributed by atoms with Crippen LogP contribution in [0.15, 0.2) is 0 Å². The van der Waals surface area contributed by atoms with Crippen LogP contribution in [0.4, 0.5) is 5.69 Å². The van der Waals surface area contributed by atoms with Crippen LogP contribution < -0.4 is 5.73 Å². The third kappa shape index (κ3) is 2.71. The van der Waals surface area contributed by atoms with Gasteiger partial charge in [-0.15, -0.1) is 11.3 Å². The van der Waals surface area contributed by atoms with Gasteiger partial charge in [-0.05, 0) is 44.7 Å². The normalized spacial score (nSPS) is 16.0. The van der Waals surface area contributed by atoms with Crippen LogP contribution >= 0.6 is 11.3 Å². The molecule has 1 aliphatic carbocycles. The van der Waals surface area contributed by atoms with Crippen LogP contribution in [0.1, 0.15) is 58.6 Å². The summed E-state index contributed by atoms with van der Waals surface area (Å²) in [6.07, 6.45) is 5.91. The van der Waals surface area contributed by atoms with Crippen molar-refractivity contribution in [3.8, 4) is 0 Å². The summed E-state index contributed by atoms with van der Waals surface area (Å²) < 4.78 is 0. The fourth-order valence-electron chi connectivity index (χ4n) is 3.52. The summed E-state index contributed by atoms with van der Waals surface area (Å²) in [5.74, 6) is 0.0482. The van der Waals surface area contributed by atoms with Crippen LogP contribution in [-0.2, 0) is 0 Å². The lowest BCUT2D eigenvalue weighted by atomic mass is 9.94. The molecule has 0 atom stereocenters. The molecular weight excluding hydrogens is 306 g/mol. The monoisotopic (exact) mass is 331 g/mol. The zero-order valence-electron chi connectivity index (χ0n) is 14.4. The smallest absolute Gasteiger partial charge is 0.266 e. The van der Waals surface area contributed by atoms with E-state index < -0.39 is 0 Å². The molecule has 1 amide bonds. The first-order valence-corrected chi connectivity index (χ1v) is 9.16. The number of aryl methyl sites for hydroxylation is 2. The third-order valence-corrected chi connectivity index (χ3v) is 6.40. The Bertz CT molecular complexity index is 759. The standard InChI is InChI=1S/C18H25N3OS/c1-10-11(2)14-15(19)16(23-17(14)20-12(10)3)18(22)21(4)13-8-6-5-7-9-13/h13H,5-9,19H2,1-4H3. The number of nitrogen functional groups attached to an aromatic ring is 1. The van der Waals surface area contributed by atoms with Crippen molar-refractivity contribution in [1.29, 1.82) is 0 Å². The number of rotatable bonds is 2. The summed E-state index contributed by atoms with van der Waals surface area (Å²) in [6, 6.07) is 0.346. The maximum Gasteiger partial charge on any atom is 0.266 e. The van der Waals surface area contributed by atoms with Crippen molar-refractivity contribution in [2.24, 2.45) is 0 Å². The molecule has 0 saturated heterocycles. The molecule has 124 valence electrons. The molecule has 1 saturated carbocycles. The van der Waals surface area contributed by atoms with Gasteiger partial charge in [0.1, 0.15) is 9.71 Å². The first kappa shape index (κ1) is 16.2. The van der Waals surface area contributed by atoms with Crippen molar-refractivity contribution in [3.05, 3.63) is 21.7 Å². The van der Waals surface area contributed by atoms with E-state index in [1.165, 1.54) is 30.6 Å². The highest BCUT2D eigenvalue weighted by Crippen LogP contribution is 2.37. The molecule has 2 aromatic rings. The molecule has 4 nitrogen and oxygen atoms in total. The Morgan fingerprint density at radius 3 is 2.48 bits per heavy atom. The van der Waals surface area contributed by atoms with Gasteiger partial charge in [0.2, 0.25) is 0 Å². The number of aromatic nitrogens is 1. The van der Waals surface area contributed by atoms with E-state index in [1.807, 2.05) is 18.9 Å². The van der Waals surface area contributed by atoms with Gasteiger partial charge in [-0.2, -0.15) is 0 Å². The molecule has 2 aromatic heterocycles. The fraction of sp³-hybridized carbons (Fsp3) is 0.556. The SMILES string of the molecule is Cc1nc2sc(C(=O)N(C)C3CCCCC3)c(N)c2c(C)c1C. The van der Waals surface area contributed by atoms with Gasteiger partial charge < -0.3 is 10.6 Å². The van der Waals surface area contributed by atoms with Gasteiger partial charge >= 0.3 is 0 Å². The lowest BCUT2D eigenvalue weighted by molar-refractivity contribution is 0.0702. The van der Waals surface area contributed by atoms with E-state index in [4.69, 9.17) is 5.73 Å². The van der Waals surface area contributed by atoms with E-state index in [1.54, 1.807) is 0 Å². The van der Waals surface area contributed by atoms with E-state index in [9.17, 15) is 4.79 Å². The van der Waals surface area contributed by atoms with Crippen molar-refractivity contribution in [3.63, 3.8) is 0 Å². The summed E-state index contributed by atoms with van der Waals surface area (Å²) in [5.41, 5.74) is 10.3. The number of carbonyl (C=O) groups is 1. The predicted octanol–water partition coefficient (Wildman–Crippen LogP) is 4.21. The van der Waals surface area contributed by atoms with Gasteiger partial charge in [-0.25, -0.2) is 4.98 Å². The molecule has 5 heteroatoms. The summed E-state index contributed by atoms with van der Waals surface area (Å²) in [7, 11) is 1.92. The maximum absolute atomic E-state index is 12.9. The second kappa shape index (κ2) is 6.11. The van der Waals surface area contributed by atoms with E-state index in [0.717, 1.165) is 39.9 Å². The molecule has 1 aliphatic rings. The van der Waals surface area contributed by atoms with Gasteiger partial charge in [0.15, 0.2) is 0 Å². The second-order valence-corrected chi connectivity index (χ2v) is 7.68. The zero-order chi connectivity index (χ0) is 16.7. The summed E-state index contributed by atoms with van der Waals surface area (Å²) in [5, 5.41) is 0.957. The van der Waals surface area contributed by atoms with E-state index in [-0.39, 0.29) is 5.91 Å². The Hall–Kier alpha value is -1.62. The lowest BCUT2D eigenvalue weighted by Crippen LogP contribution is -2.38. The van der Waals surface area contributed by atoms with Crippen molar-refractivity contribution in [1.82, 2.24) is 9.88 Å². The molecule has 0 aromatic carbocycles. The molecule has 0 bridgehead atoms. The first-order chi connectivity index (χ1) is 10.9. The molecule has 0 unspecified atom stereocenters. The van der Waals surface area contributed by atoms with E-state index in [0.29, 0.717) is 16.6 Å². The maximum atomic E-state index is 12.9. The Morgan fingerprint density at radius 2 is 1.83 bits per heavy atom. The number of hydrogen-bond donors (Lipinski definition) is 1. The highest BCUT2D eigenvalue weighted by Gasteiger charge is 2.27. The van der Waals surface area contributed by atoms with Crippen LogP contribution in [-0.4, -0.2) is 28.9 Å². The molecule has 2 N–H and O–H groups in total. The molecule has 0 radical (unpaired) electrons. The molecule has 2 heterocycles. The zero-order valence-corrected chi connectivity index (χ0v) is 15.2. The van der Waals surface area contributed by atoms with Crippen LogP contribution in [0.25, 0.3) is 10.2 Å². The van der Waals surface area contributed by atoms with Gasteiger partial charge in [0, 0.05) is 24.2 Å². The highest BCUT2D eigenvalue weighted by molar-refractivity contribution is 7.21. The van der Waals surface area contributed by atoms with Crippen molar-refractivity contribution in [2.75, 3.05) is 12.8 Å². The second-order valence-electron chi connectivity index (χ2n) is 6.68. The molecule has 3 rings (SSSR count). The first-order valence-electron chi connectivity index (χ1n) is 8.34. The summed E-state index contributed by atoms with van der Waals surface area (Å²) in [6.45, 7) is 6.13. The Morgan fingerprint density at radius 1 is 1.17 bits per heavy atom. The number of anilines is 1. The minimum absolute atomic E-state index is 0.0482. The number of nitrogens with two attached hydrogens (primary N) is 1. The quantitative estimate of drug-likeness (QED) is 0.897. The van der Waals surface area contributed by atoms with Gasteiger partial charge in [0.25, 0.3) is 5.91 Å². The number of pyridine rings is 1. The predicted molar refractivity (Wildman–Crippen MR) is 97.2 cm³/mol. The molecule has 0 spiro atoms. The Balaban J connectivity index is 2.01. The van der Waals surface area contributed by atoms with Crippen molar-refractivity contribution in [2.45, 2.75) is 58.9 Å². The minimum atomic E-state index is 0.0482. The van der Waals surface area contributed by atoms with Gasteiger partial charge in [-0.3, -0.25) is 4.79 Å². The van der Waals surface area contributed by atoms with Crippen molar-refractivity contribution < 1.29 is 4.79 Å². The topological polar surface area (TPSA) is 59.2 Å². The van der Waals surface area contributed by atoms with Crippen LogP contribution in [0.3, 0.4) is 0 Å². The molecule has 0 aliphatic heterocycles. The molecule has 23 heavy (non-hydrogen) atoms. The van der Waals surface area contributed by atoms with Crippen LogP contribution in [0, 0.1) is 20.8 Å². The summed E-state index contributed by atoms with van der Waals surface area (Å²) in [4.78, 5) is 21.0. The average molecular weight is 331 g/mol. The largest absolute Gasteiger partial charge is 0.397 e. The Kier molecular flexibility index (Phi) is 4.32. The van der Waals surface area contributed by atoms with E-state index >= 15 is 0 Å².